The first-order valence-electron chi connectivity index (χ1n) is 12.3. The molecule has 29 heavy (non-hydrogen) atoms. The van der Waals surface area contributed by atoms with Gasteiger partial charge in [-0.1, -0.05) is 44.2 Å². The average Bonchev–Trinajstić information content (AvgIpc) is 3.41. The lowest BCUT2D eigenvalue weighted by molar-refractivity contribution is -0.169. The van der Waals surface area contributed by atoms with Gasteiger partial charge in [-0.3, -0.25) is 0 Å². The maximum Gasteiger partial charge on any atom is 0.0847 e. The van der Waals surface area contributed by atoms with Gasteiger partial charge in [-0.15, -0.1) is 0 Å². The van der Waals surface area contributed by atoms with Crippen LogP contribution in [0, 0.1) is 34.5 Å². The van der Waals surface area contributed by atoms with Gasteiger partial charge in [0.25, 0.3) is 0 Å². The summed E-state index contributed by atoms with van der Waals surface area (Å²) in [7, 11) is 0. The maximum atomic E-state index is 6.76. The van der Waals surface area contributed by atoms with E-state index in [0.717, 1.165) is 30.3 Å². The van der Waals surface area contributed by atoms with Crippen LogP contribution in [0.25, 0.3) is 0 Å². The number of fused-ring (bicyclic) bond motifs is 6. The minimum absolute atomic E-state index is 0.0213. The highest BCUT2D eigenvalue weighted by Crippen LogP contribution is 2.70. The summed E-state index contributed by atoms with van der Waals surface area (Å²) in [5, 5.41) is 0. The van der Waals surface area contributed by atoms with Crippen molar-refractivity contribution in [1.29, 1.82) is 0 Å². The Morgan fingerprint density at radius 2 is 1.72 bits per heavy atom. The Morgan fingerprint density at radius 1 is 0.931 bits per heavy atom. The number of hydrogen-bond donors (Lipinski definition) is 0. The molecule has 4 saturated carbocycles. The van der Waals surface area contributed by atoms with E-state index >= 15 is 0 Å². The average molecular weight is 395 g/mol. The predicted molar refractivity (Wildman–Crippen MR) is 115 cm³/mol. The summed E-state index contributed by atoms with van der Waals surface area (Å²) in [5.74, 6) is 3.59. The molecule has 6 rings (SSSR count). The van der Waals surface area contributed by atoms with Gasteiger partial charge in [0, 0.05) is 0 Å². The lowest BCUT2D eigenvalue weighted by Gasteiger charge is -2.61. The van der Waals surface area contributed by atoms with Gasteiger partial charge in [-0.25, -0.2) is 0 Å². The molecule has 0 N–H and O–H groups in total. The van der Waals surface area contributed by atoms with E-state index in [1.165, 1.54) is 56.9 Å². The van der Waals surface area contributed by atoms with Crippen molar-refractivity contribution in [2.45, 2.75) is 96.6 Å². The van der Waals surface area contributed by atoms with Crippen molar-refractivity contribution in [3.8, 4) is 0 Å². The zero-order valence-electron chi connectivity index (χ0n) is 18.5. The fourth-order valence-corrected chi connectivity index (χ4v) is 8.80. The van der Waals surface area contributed by atoms with Crippen LogP contribution in [0.15, 0.2) is 30.3 Å². The van der Waals surface area contributed by atoms with Gasteiger partial charge in [-0.2, -0.15) is 0 Å². The summed E-state index contributed by atoms with van der Waals surface area (Å²) in [6.07, 6.45) is 12.2. The Labute approximate surface area is 176 Å². The van der Waals surface area contributed by atoms with E-state index in [-0.39, 0.29) is 5.60 Å². The normalized spacial score (nSPS) is 52.8. The predicted octanol–water partition coefficient (Wildman–Crippen LogP) is 6.38. The first-order chi connectivity index (χ1) is 13.9. The molecule has 0 spiro atoms. The van der Waals surface area contributed by atoms with Crippen molar-refractivity contribution in [3.63, 3.8) is 0 Å². The number of rotatable bonds is 3. The summed E-state index contributed by atoms with van der Waals surface area (Å²) in [6, 6.07) is 10.8. The number of benzene rings is 1. The highest BCUT2D eigenvalue weighted by molar-refractivity contribution is 5.17. The van der Waals surface area contributed by atoms with Gasteiger partial charge in [0.2, 0.25) is 0 Å². The Hall–Kier alpha value is -0.860. The lowest BCUT2D eigenvalue weighted by Crippen LogP contribution is -2.56. The molecule has 5 aliphatic rings. The smallest absolute Gasteiger partial charge is 0.0847 e. The highest BCUT2D eigenvalue weighted by atomic mass is 16.6. The Morgan fingerprint density at radius 3 is 2.55 bits per heavy atom. The molecule has 1 aromatic rings. The molecule has 0 aromatic heterocycles. The number of epoxide rings is 1. The van der Waals surface area contributed by atoms with Gasteiger partial charge >= 0.3 is 0 Å². The summed E-state index contributed by atoms with van der Waals surface area (Å²) in [6.45, 7) is 8.43. The fraction of sp³-hybridized carbons (Fsp3) is 0.778. The Balaban J connectivity index is 1.23. The third-order valence-electron chi connectivity index (χ3n) is 10.8. The Bertz CT molecular complexity index is 776. The van der Waals surface area contributed by atoms with Crippen LogP contribution in [-0.2, 0) is 16.1 Å². The van der Waals surface area contributed by atoms with Crippen LogP contribution >= 0.6 is 0 Å². The molecule has 0 unspecified atom stereocenters. The third-order valence-corrected chi connectivity index (χ3v) is 10.8. The van der Waals surface area contributed by atoms with E-state index in [1.54, 1.807) is 0 Å². The molecule has 1 saturated heterocycles. The van der Waals surface area contributed by atoms with Crippen LogP contribution in [0.5, 0.6) is 0 Å². The molecular weight excluding hydrogens is 356 g/mol. The zero-order valence-corrected chi connectivity index (χ0v) is 18.5. The standard InChI is InChI=1S/C27H38O2/c1-25-16-24-23(29-24)15-19(25)9-10-20-21(25)11-13-26(2)22(20)12-14-27(26,3)28-17-18-7-5-4-6-8-18/h4-8,19-24H,9-17H2,1-3H3/t19-,20+,21-,22-,23+,24-,25-,26-,27-/m0/s1. The molecule has 5 fully saturated rings. The summed E-state index contributed by atoms with van der Waals surface area (Å²) in [5.41, 5.74) is 2.20. The van der Waals surface area contributed by atoms with Crippen molar-refractivity contribution in [1.82, 2.24) is 0 Å². The third kappa shape index (κ3) is 2.67. The van der Waals surface area contributed by atoms with Gasteiger partial charge in [0.1, 0.15) is 0 Å². The van der Waals surface area contributed by atoms with Gasteiger partial charge in [-0.05, 0) is 98.4 Å². The minimum Gasteiger partial charge on any atom is -0.370 e. The molecule has 0 radical (unpaired) electrons. The second kappa shape index (κ2) is 6.33. The van der Waals surface area contributed by atoms with Crippen LogP contribution < -0.4 is 0 Å². The number of hydrogen-bond acceptors (Lipinski definition) is 2. The van der Waals surface area contributed by atoms with Crippen LogP contribution in [0.2, 0.25) is 0 Å². The van der Waals surface area contributed by atoms with Crippen molar-refractivity contribution in [2.24, 2.45) is 34.5 Å². The zero-order chi connectivity index (χ0) is 19.9. The first-order valence-corrected chi connectivity index (χ1v) is 12.3. The molecule has 158 valence electrons. The van der Waals surface area contributed by atoms with E-state index in [9.17, 15) is 0 Å². The molecule has 2 nitrogen and oxygen atoms in total. The lowest BCUT2D eigenvalue weighted by atomic mass is 9.44. The first kappa shape index (κ1) is 18.9. The van der Waals surface area contributed by atoms with Crippen LogP contribution in [0.1, 0.15) is 77.7 Å². The van der Waals surface area contributed by atoms with E-state index in [0.29, 0.717) is 23.0 Å². The molecule has 9 atom stereocenters. The molecule has 0 bridgehead atoms. The van der Waals surface area contributed by atoms with Gasteiger partial charge in [0.15, 0.2) is 0 Å². The summed E-state index contributed by atoms with van der Waals surface area (Å²) >= 11 is 0. The van der Waals surface area contributed by atoms with Crippen LogP contribution in [0.4, 0.5) is 0 Å². The van der Waals surface area contributed by atoms with Crippen molar-refractivity contribution in [3.05, 3.63) is 35.9 Å². The van der Waals surface area contributed by atoms with E-state index < -0.39 is 0 Å². The molecule has 0 amide bonds. The van der Waals surface area contributed by atoms with Crippen molar-refractivity contribution >= 4 is 0 Å². The van der Waals surface area contributed by atoms with Crippen molar-refractivity contribution < 1.29 is 9.47 Å². The van der Waals surface area contributed by atoms with E-state index in [2.05, 4.69) is 51.1 Å². The fourth-order valence-electron chi connectivity index (χ4n) is 8.80. The monoisotopic (exact) mass is 394 g/mol. The van der Waals surface area contributed by atoms with Crippen molar-refractivity contribution in [2.75, 3.05) is 0 Å². The second-order valence-corrected chi connectivity index (χ2v) is 11.8. The second-order valence-electron chi connectivity index (χ2n) is 11.8. The van der Waals surface area contributed by atoms with Crippen LogP contribution in [-0.4, -0.2) is 17.8 Å². The van der Waals surface area contributed by atoms with E-state index in [4.69, 9.17) is 9.47 Å². The molecule has 1 aromatic carbocycles. The quantitative estimate of drug-likeness (QED) is 0.555. The molecule has 2 heteroatoms. The summed E-state index contributed by atoms with van der Waals surface area (Å²) in [4.78, 5) is 0. The highest BCUT2D eigenvalue weighted by Gasteiger charge is 2.66. The molecule has 1 aliphatic heterocycles. The van der Waals surface area contributed by atoms with Gasteiger partial charge in [0.05, 0.1) is 24.4 Å². The van der Waals surface area contributed by atoms with E-state index in [1.807, 2.05) is 0 Å². The molecular formula is C27H38O2. The SMILES string of the molecule is C[C@]12C[C@@H]3O[C@@H]3C[C@@H]1CC[C@@H]1[C@@H]2CC[C@@]2(C)[C@H]1CC[C@]2(C)OCc1ccccc1. The van der Waals surface area contributed by atoms with Gasteiger partial charge < -0.3 is 9.47 Å². The summed E-state index contributed by atoms with van der Waals surface area (Å²) < 4.78 is 12.8. The minimum atomic E-state index is 0.0213. The molecule has 1 heterocycles. The Kier molecular flexibility index (Phi) is 4.12. The largest absolute Gasteiger partial charge is 0.370 e. The van der Waals surface area contributed by atoms with Crippen LogP contribution in [0.3, 0.4) is 0 Å². The molecule has 4 aliphatic carbocycles. The maximum absolute atomic E-state index is 6.76. The number of ether oxygens (including phenoxy) is 2. The topological polar surface area (TPSA) is 21.8 Å².